The van der Waals surface area contributed by atoms with Gasteiger partial charge in [-0.2, -0.15) is 0 Å². The maximum atomic E-state index is 15.9. The van der Waals surface area contributed by atoms with Crippen molar-refractivity contribution in [1.82, 2.24) is 4.90 Å². The van der Waals surface area contributed by atoms with Gasteiger partial charge in [-0.25, -0.2) is 13.6 Å². The highest BCUT2D eigenvalue weighted by molar-refractivity contribution is 5.92. The number of hydrogen-bond acceptors (Lipinski definition) is 4. The summed E-state index contributed by atoms with van der Waals surface area (Å²) in [7, 11) is 1.32. The maximum Gasteiger partial charge on any atom is 0.341 e. The molecule has 4 atom stereocenters. The SMILES string of the molecule is COC(=O)c1ccccc1O[C@@H]1C(C2CC2)CCN([C@H](C)c2ccc(F)cc2)C1F. The highest BCUT2D eigenvalue weighted by Crippen LogP contribution is 2.46. The van der Waals surface area contributed by atoms with Gasteiger partial charge >= 0.3 is 5.97 Å². The van der Waals surface area contributed by atoms with Gasteiger partial charge in [0.25, 0.3) is 0 Å². The molecule has 1 aliphatic heterocycles. The summed E-state index contributed by atoms with van der Waals surface area (Å²) in [5, 5.41) is 0. The third-order valence-corrected chi connectivity index (χ3v) is 6.36. The Morgan fingerprint density at radius 1 is 1.10 bits per heavy atom. The zero-order valence-corrected chi connectivity index (χ0v) is 17.3. The number of hydrogen-bond donors (Lipinski definition) is 0. The summed E-state index contributed by atoms with van der Waals surface area (Å²) in [6, 6.07) is 12.8. The number of methoxy groups -OCH3 is 1. The second-order valence-electron chi connectivity index (χ2n) is 8.20. The van der Waals surface area contributed by atoms with Crippen LogP contribution >= 0.6 is 0 Å². The minimum absolute atomic E-state index is 0.0994. The van der Waals surface area contributed by atoms with Crippen LogP contribution in [0.3, 0.4) is 0 Å². The Morgan fingerprint density at radius 3 is 2.47 bits per heavy atom. The van der Waals surface area contributed by atoms with Crippen molar-refractivity contribution in [2.75, 3.05) is 13.7 Å². The predicted molar refractivity (Wildman–Crippen MR) is 109 cm³/mol. The quantitative estimate of drug-likeness (QED) is 0.483. The number of nitrogens with zero attached hydrogens (tertiary/aromatic N) is 1. The van der Waals surface area contributed by atoms with Gasteiger partial charge in [-0.3, -0.25) is 4.90 Å². The van der Waals surface area contributed by atoms with E-state index in [1.165, 1.54) is 19.2 Å². The van der Waals surface area contributed by atoms with E-state index in [0.29, 0.717) is 23.8 Å². The van der Waals surface area contributed by atoms with Gasteiger partial charge in [-0.1, -0.05) is 24.3 Å². The van der Waals surface area contributed by atoms with E-state index in [1.54, 1.807) is 41.3 Å². The minimum Gasteiger partial charge on any atom is -0.485 e. The summed E-state index contributed by atoms with van der Waals surface area (Å²) < 4.78 is 40.2. The standard InChI is InChI=1S/C24H27F2NO3/c1-15(16-9-11-18(25)12-10-16)27-14-13-19(17-7-8-17)22(23(27)26)30-21-6-4-3-5-20(21)24(28)29-2/h3-6,9-12,15,17,19,22-23H,7-8,13-14H2,1-2H3/t15-,19?,22-,23?/m1/s1. The van der Waals surface area contributed by atoms with E-state index in [4.69, 9.17) is 9.47 Å². The number of ether oxygens (including phenoxy) is 2. The fourth-order valence-corrected chi connectivity index (χ4v) is 4.48. The van der Waals surface area contributed by atoms with Crippen LogP contribution in [0.15, 0.2) is 48.5 Å². The largest absolute Gasteiger partial charge is 0.485 e. The number of rotatable bonds is 6. The van der Waals surface area contributed by atoms with Crippen LogP contribution in [0.1, 0.15) is 48.1 Å². The van der Waals surface area contributed by atoms with Crippen LogP contribution < -0.4 is 4.74 Å². The molecular formula is C24H27F2NO3. The van der Waals surface area contributed by atoms with Crippen LogP contribution in [0.4, 0.5) is 8.78 Å². The Kier molecular flexibility index (Phi) is 6.04. The second-order valence-corrected chi connectivity index (χ2v) is 8.20. The molecule has 2 fully saturated rings. The van der Waals surface area contributed by atoms with Gasteiger partial charge in [0, 0.05) is 18.5 Å². The molecule has 2 aromatic carbocycles. The maximum absolute atomic E-state index is 15.9. The average Bonchev–Trinajstić information content (AvgIpc) is 3.60. The molecule has 2 aromatic rings. The van der Waals surface area contributed by atoms with Crippen molar-refractivity contribution >= 4 is 5.97 Å². The molecular weight excluding hydrogens is 388 g/mol. The van der Waals surface area contributed by atoms with E-state index in [1.807, 2.05) is 6.92 Å². The zero-order chi connectivity index (χ0) is 21.3. The lowest BCUT2D eigenvalue weighted by Crippen LogP contribution is -2.53. The first kappa shape index (κ1) is 20.8. The number of carbonyl (C=O) groups is 1. The molecule has 6 heteroatoms. The van der Waals surface area contributed by atoms with Gasteiger partial charge in [0.2, 0.25) is 0 Å². The van der Waals surface area contributed by atoms with E-state index in [-0.39, 0.29) is 17.8 Å². The van der Waals surface area contributed by atoms with E-state index in [0.717, 1.165) is 24.8 Å². The fraction of sp³-hybridized carbons (Fsp3) is 0.458. The molecule has 1 aliphatic carbocycles. The lowest BCUT2D eigenvalue weighted by atomic mass is 9.87. The Morgan fingerprint density at radius 2 is 1.80 bits per heavy atom. The number of halogens is 2. The van der Waals surface area contributed by atoms with Gasteiger partial charge in [0.05, 0.1) is 7.11 Å². The summed E-state index contributed by atoms with van der Waals surface area (Å²) in [6.07, 6.45) is 0.976. The van der Waals surface area contributed by atoms with Crippen molar-refractivity contribution in [3.8, 4) is 5.75 Å². The van der Waals surface area contributed by atoms with Crippen molar-refractivity contribution in [1.29, 1.82) is 0 Å². The number of benzene rings is 2. The van der Waals surface area contributed by atoms with E-state index in [2.05, 4.69) is 0 Å². The van der Waals surface area contributed by atoms with Crippen molar-refractivity contribution in [3.05, 3.63) is 65.5 Å². The second kappa shape index (κ2) is 8.72. The van der Waals surface area contributed by atoms with Gasteiger partial charge in [-0.15, -0.1) is 0 Å². The molecule has 0 spiro atoms. The molecule has 2 aliphatic rings. The highest BCUT2D eigenvalue weighted by atomic mass is 19.1. The van der Waals surface area contributed by atoms with Crippen LogP contribution in [0.2, 0.25) is 0 Å². The van der Waals surface area contributed by atoms with E-state index < -0.39 is 18.4 Å². The Balaban J connectivity index is 1.59. The van der Waals surface area contributed by atoms with Crippen molar-refractivity contribution in [2.45, 2.75) is 44.6 Å². The minimum atomic E-state index is -1.34. The van der Waals surface area contributed by atoms with Crippen molar-refractivity contribution < 1.29 is 23.0 Å². The smallest absolute Gasteiger partial charge is 0.341 e. The fourth-order valence-electron chi connectivity index (χ4n) is 4.48. The summed E-state index contributed by atoms with van der Waals surface area (Å²) in [5.74, 6) is 0.0928. The molecule has 0 radical (unpaired) electrons. The topological polar surface area (TPSA) is 38.8 Å². The summed E-state index contributed by atoms with van der Waals surface area (Å²) in [5.41, 5.74) is 1.16. The van der Waals surface area contributed by atoms with E-state index in [9.17, 15) is 9.18 Å². The summed E-state index contributed by atoms with van der Waals surface area (Å²) in [4.78, 5) is 13.9. The Labute approximate surface area is 175 Å². The lowest BCUT2D eigenvalue weighted by molar-refractivity contribution is -0.0979. The number of carbonyl (C=O) groups excluding carboxylic acids is 1. The van der Waals surface area contributed by atoms with E-state index >= 15 is 4.39 Å². The lowest BCUT2D eigenvalue weighted by Gasteiger charge is -2.44. The highest BCUT2D eigenvalue weighted by Gasteiger charge is 2.48. The monoisotopic (exact) mass is 415 g/mol. The summed E-state index contributed by atoms with van der Waals surface area (Å²) >= 11 is 0. The molecule has 160 valence electrons. The molecule has 1 saturated carbocycles. The van der Waals surface area contributed by atoms with Gasteiger partial charge in [-0.05, 0) is 61.9 Å². The third kappa shape index (κ3) is 4.19. The molecule has 1 heterocycles. The van der Waals surface area contributed by atoms with Crippen LogP contribution in [0.5, 0.6) is 5.75 Å². The molecule has 0 amide bonds. The first-order valence-corrected chi connectivity index (χ1v) is 10.5. The number of para-hydroxylation sites is 1. The Hall–Kier alpha value is -2.47. The predicted octanol–water partition coefficient (Wildman–Crippen LogP) is 5.15. The van der Waals surface area contributed by atoms with Crippen molar-refractivity contribution in [2.24, 2.45) is 11.8 Å². The number of alkyl halides is 1. The van der Waals surface area contributed by atoms with Gasteiger partial charge in [0.1, 0.15) is 23.2 Å². The third-order valence-electron chi connectivity index (χ3n) is 6.36. The molecule has 0 aromatic heterocycles. The van der Waals surface area contributed by atoms with Crippen LogP contribution in [-0.2, 0) is 4.74 Å². The average molecular weight is 415 g/mol. The van der Waals surface area contributed by atoms with Crippen LogP contribution in [0, 0.1) is 17.7 Å². The van der Waals surface area contributed by atoms with Crippen molar-refractivity contribution in [3.63, 3.8) is 0 Å². The molecule has 30 heavy (non-hydrogen) atoms. The molecule has 4 nitrogen and oxygen atoms in total. The first-order chi connectivity index (χ1) is 14.5. The molecule has 4 rings (SSSR count). The molecule has 1 saturated heterocycles. The molecule has 2 unspecified atom stereocenters. The number of likely N-dealkylation sites (tertiary alicyclic amines) is 1. The summed E-state index contributed by atoms with van der Waals surface area (Å²) in [6.45, 7) is 2.54. The van der Waals surface area contributed by atoms with Crippen LogP contribution in [-0.4, -0.2) is 36.9 Å². The molecule has 0 bridgehead atoms. The van der Waals surface area contributed by atoms with Gasteiger partial charge in [0.15, 0.2) is 6.30 Å². The first-order valence-electron chi connectivity index (χ1n) is 10.5. The number of piperidine rings is 1. The Bertz CT molecular complexity index is 884. The normalized spacial score (nSPS) is 25.5. The van der Waals surface area contributed by atoms with Crippen LogP contribution in [0.25, 0.3) is 0 Å². The number of esters is 1. The molecule has 0 N–H and O–H groups in total. The van der Waals surface area contributed by atoms with Gasteiger partial charge < -0.3 is 9.47 Å². The zero-order valence-electron chi connectivity index (χ0n) is 17.3.